The van der Waals surface area contributed by atoms with Crippen molar-refractivity contribution >= 4 is 21.2 Å². The minimum Gasteiger partial charge on any atom is -0.396 e. The number of anilines is 2. The molecule has 1 aromatic carbocycles. The van der Waals surface area contributed by atoms with Gasteiger partial charge in [0.1, 0.15) is 0 Å². The Bertz CT molecular complexity index is 507. The van der Waals surface area contributed by atoms with E-state index in [1.807, 2.05) is 0 Å². The second kappa shape index (κ2) is 4.54. The molecular formula is C11H16N2O3S. The first-order valence-electron chi connectivity index (χ1n) is 5.41. The summed E-state index contributed by atoms with van der Waals surface area (Å²) in [4.78, 5) is 0.168. The van der Waals surface area contributed by atoms with Crippen molar-refractivity contribution < 1.29 is 13.2 Å². The average Bonchev–Trinajstić information content (AvgIpc) is 2.72. The van der Waals surface area contributed by atoms with E-state index in [1.54, 1.807) is 12.1 Å². The lowest BCUT2D eigenvalue weighted by molar-refractivity contribution is 0.195. The molecule has 1 fully saturated rings. The highest BCUT2D eigenvalue weighted by Crippen LogP contribution is 2.27. The Kier molecular flexibility index (Phi) is 3.26. The van der Waals surface area contributed by atoms with Crippen LogP contribution in [0.1, 0.15) is 6.42 Å². The van der Waals surface area contributed by atoms with Crippen LogP contribution in [0.25, 0.3) is 0 Å². The molecule has 2 rings (SSSR count). The number of benzene rings is 1. The molecule has 0 amide bonds. The van der Waals surface area contributed by atoms with Crippen LogP contribution in [0.3, 0.4) is 0 Å². The van der Waals surface area contributed by atoms with Crippen molar-refractivity contribution in [2.75, 3.05) is 30.5 Å². The molecule has 1 unspecified atom stereocenters. The molecular weight excluding hydrogens is 240 g/mol. The minimum atomic E-state index is -3.29. The highest BCUT2D eigenvalue weighted by atomic mass is 32.2. The summed E-state index contributed by atoms with van der Waals surface area (Å²) in [6.45, 7) is 1.35. The highest BCUT2D eigenvalue weighted by Gasteiger charge is 2.19. The predicted molar refractivity (Wildman–Crippen MR) is 66.8 cm³/mol. The van der Waals surface area contributed by atoms with Crippen molar-refractivity contribution in [1.29, 1.82) is 0 Å². The maximum absolute atomic E-state index is 11.5. The largest absolute Gasteiger partial charge is 0.396 e. The lowest BCUT2D eigenvalue weighted by Gasteiger charge is -2.15. The number of hydrogen-bond acceptors (Lipinski definition) is 5. The molecule has 1 aliphatic heterocycles. The van der Waals surface area contributed by atoms with Gasteiger partial charge in [0.25, 0.3) is 0 Å². The zero-order valence-electron chi connectivity index (χ0n) is 9.64. The number of hydrogen-bond donors (Lipinski definition) is 2. The summed E-state index contributed by atoms with van der Waals surface area (Å²) in [5.41, 5.74) is 6.80. The van der Waals surface area contributed by atoms with E-state index in [4.69, 9.17) is 10.5 Å². The van der Waals surface area contributed by atoms with Gasteiger partial charge in [0.05, 0.1) is 28.9 Å². The Morgan fingerprint density at radius 1 is 1.47 bits per heavy atom. The monoisotopic (exact) mass is 256 g/mol. The van der Waals surface area contributed by atoms with E-state index in [2.05, 4.69) is 5.32 Å². The Balaban J connectivity index is 2.29. The van der Waals surface area contributed by atoms with Crippen LogP contribution in [-0.2, 0) is 14.6 Å². The molecule has 3 N–H and O–H groups in total. The van der Waals surface area contributed by atoms with Gasteiger partial charge in [-0.3, -0.25) is 0 Å². The Labute approximate surface area is 101 Å². The number of para-hydroxylation sites is 1. The third-order valence-corrected chi connectivity index (χ3v) is 3.91. The maximum atomic E-state index is 11.5. The number of nitrogen functional groups attached to an aromatic ring is 1. The molecule has 17 heavy (non-hydrogen) atoms. The highest BCUT2D eigenvalue weighted by molar-refractivity contribution is 7.90. The molecule has 5 nitrogen and oxygen atoms in total. The number of nitrogens with one attached hydrogen (secondary N) is 1. The van der Waals surface area contributed by atoms with Crippen molar-refractivity contribution in [3.63, 3.8) is 0 Å². The summed E-state index contributed by atoms with van der Waals surface area (Å²) in [5, 5.41) is 3.21. The van der Waals surface area contributed by atoms with Gasteiger partial charge in [0.2, 0.25) is 0 Å². The molecule has 1 aromatic rings. The van der Waals surface area contributed by atoms with Crippen molar-refractivity contribution in [3.05, 3.63) is 18.2 Å². The van der Waals surface area contributed by atoms with Crippen LogP contribution in [0.15, 0.2) is 23.1 Å². The molecule has 0 spiro atoms. The Morgan fingerprint density at radius 3 is 2.82 bits per heavy atom. The average molecular weight is 256 g/mol. The van der Waals surface area contributed by atoms with Gasteiger partial charge in [-0.25, -0.2) is 8.42 Å². The fourth-order valence-electron chi connectivity index (χ4n) is 1.86. The van der Waals surface area contributed by atoms with E-state index in [0.29, 0.717) is 12.3 Å². The van der Waals surface area contributed by atoms with Gasteiger partial charge >= 0.3 is 0 Å². The summed E-state index contributed by atoms with van der Waals surface area (Å²) in [7, 11) is -3.29. The molecule has 0 saturated carbocycles. The van der Waals surface area contributed by atoms with Crippen LogP contribution in [0.5, 0.6) is 0 Å². The summed E-state index contributed by atoms with van der Waals surface area (Å²) >= 11 is 0. The third kappa shape index (κ3) is 2.70. The molecule has 6 heteroatoms. The summed E-state index contributed by atoms with van der Waals surface area (Å²) in [6.07, 6.45) is 2.06. The lowest BCUT2D eigenvalue weighted by atomic mass is 10.2. The zero-order valence-corrected chi connectivity index (χ0v) is 10.5. The van der Waals surface area contributed by atoms with Gasteiger partial charge in [-0.1, -0.05) is 6.07 Å². The van der Waals surface area contributed by atoms with Gasteiger partial charge < -0.3 is 15.8 Å². The maximum Gasteiger partial charge on any atom is 0.177 e. The molecule has 0 aliphatic carbocycles. The lowest BCUT2D eigenvalue weighted by Crippen LogP contribution is -2.20. The van der Waals surface area contributed by atoms with E-state index < -0.39 is 9.84 Å². The van der Waals surface area contributed by atoms with E-state index in [1.165, 1.54) is 6.07 Å². The number of ether oxygens (including phenoxy) is 1. The standard InChI is InChI=1S/C11H16N2O3S/c1-17(14,15)10-4-2-3-9(11(10)12)13-8-5-6-16-7-8/h2-4,8,13H,5-7,12H2,1H3. The second-order valence-electron chi connectivity index (χ2n) is 4.19. The van der Waals surface area contributed by atoms with Crippen LogP contribution in [0.2, 0.25) is 0 Å². The molecule has 94 valence electrons. The molecule has 0 aromatic heterocycles. The van der Waals surface area contributed by atoms with Crippen LogP contribution < -0.4 is 11.1 Å². The first-order chi connectivity index (χ1) is 7.98. The number of rotatable bonds is 3. The molecule has 1 saturated heterocycles. The Morgan fingerprint density at radius 2 is 2.24 bits per heavy atom. The van der Waals surface area contributed by atoms with Crippen LogP contribution in [0, 0.1) is 0 Å². The van der Waals surface area contributed by atoms with E-state index in [9.17, 15) is 8.42 Å². The van der Waals surface area contributed by atoms with Gasteiger partial charge in [0, 0.05) is 12.9 Å². The molecule has 1 aliphatic rings. The van der Waals surface area contributed by atoms with Crippen molar-refractivity contribution in [3.8, 4) is 0 Å². The summed E-state index contributed by atoms with van der Waals surface area (Å²) in [5.74, 6) is 0. The third-order valence-electron chi connectivity index (χ3n) is 2.75. The smallest absolute Gasteiger partial charge is 0.177 e. The van der Waals surface area contributed by atoms with E-state index >= 15 is 0 Å². The van der Waals surface area contributed by atoms with Gasteiger partial charge in [-0.05, 0) is 18.6 Å². The van der Waals surface area contributed by atoms with E-state index in [-0.39, 0.29) is 16.6 Å². The topological polar surface area (TPSA) is 81.4 Å². The zero-order chi connectivity index (χ0) is 12.5. The van der Waals surface area contributed by atoms with Crippen molar-refractivity contribution in [2.24, 2.45) is 0 Å². The molecule has 0 bridgehead atoms. The number of nitrogens with two attached hydrogens (primary N) is 1. The molecule has 0 radical (unpaired) electrons. The van der Waals surface area contributed by atoms with Crippen molar-refractivity contribution in [1.82, 2.24) is 0 Å². The fraction of sp³-hybridized carbons (Fsp3) is 0.455. The van der Waals surface area contributed by atoms with Crippen LogP contribution in [0.4, 0.5) is 11.4 Å². The second-order valence-corrected chi connectivity index (χ2v) is 6.18. The Hall–Kier alpha value is -1.27. The first-order valence-corrected chi connectivity index (χ1v) is 7.30. The summed E-state index contributed by atoms with van der Waals surface area (Å²) < 4.78 is 28.3. The quantitative estimate of drug-likeness (QED) is 0.784. The minimum absolute atomic E-state index is 0.168. The fourth-order valence-corrected chi connectivity index (χ4v) is 2.70. The van der Waals surface area contributed by atoms with E-state index in [0.717, 1.165) is 19.3 Å². The molecule has 1 heterocycles. The number of sulfone groups is 1. The predicted octanol–water partition coefficient (Wildman–Crippen LogP) is 0.873. The van der Waals surface area contributed by atoms with Crippen LogP contribution in [-0.4, -0.2) is 33.9 Å². The van der Waals surface area contributed by atoms with Crippen LogP contribution >= 0.6 is 0 Å². The van der Waals surface area contributed by atoms with Gasteiger partial charge in [0.15, 0.2) is 9.84 Å². The van der Waals surface area contributed by atoms with Gasteiger partial charge in [-0.15, -0.1) is 0 Å². The molecule has 1 atom stereocenters. The van der Waals surface area contributed by atoms with Crippen molar-refractivity contribution in [2.45, 2.75) is 17.4 Å². The normalized spacial score (nSPS) is 20.4. The van der Waals surface area contributed by atoms with Gasteiger partial charge in [-0.2, -0.15) is 0 Å². The SMILES string of the molecule is CS(=O)(=O)c1cccc(NC2CCOC2)c1N. The summed E-state index contributed by atoms with van der Waals surface area (Å²) in [6, 6.07) is 5.18. The first kappa shape index (κ1) is 12.2.